The van der Waals surface area contributed by atoms with Gasteiger partial charge in [0.05, 0.1) is 11.0 Å². The van der Waals surface area contributed by atoms with Crippen molar-refractivity contribution in [1.29, 1.82) is 0 Å². The van der Waals surface area contributed by atoms with Gasteiger partial charge < -0.3 is 9.05 Å². The van der Waals surface area contributed by atoms with E-state index in [9.17, 15) is 0 Å². The van der Waals surface area contributed by atoms with Crippen molar-refractivity contribution in [1.82, 2.24) is 20.3 Å². The van der Waals surface area contributed by atoms with Gasteiger partial charge in [-0.3, -0.25) is 0 Å². The summed E-state index contributed by atoms with van der Waals surface area (Å²) in [7, 11) is 0. The van der Waals surface area contributed by atoms with Gasteiger partial charge in [-0.05, 0) is 32.0 Å². The average molecular weight is 337 g/mol. The van der Waals surface area contributed by atoms with Gasteiger partial charge in [-0.15, -0.1) is 11.8 Å². The van der Waals surface area contributed by atoms with Gasteiger partial charge in [-0.25, -0.2) is 0 Å². The molecule has 8 heteroatoms. The van der Waals surface area contributed by atoms with E-state index in [1.807, 2.05) is 19.1 Å². The Morgan fingerprint density at radius 2 is 2.09 bits per heavy atom. The van der Waals surface area contributed by atoms with Crippen LogP contribution in [0.25, 0.3) is 11.5 Å². The van der Waals surface area contributed by atoms with Crippen LogP contribution in [0.3, 0.4) is 0 Å². The van der Waals surface area contributed by atoms with E-state index in [4.69, 9.17) is 20.6 Å². The number of aromatic nitrogens is 4. The predicted molar refractivity (Wildman–Crippen MR) is 83.5 cm³/mol. The zero-order valence-electron chi connectivity index (χ0n) is 12.0. The van der Waals surface area contributed by atoms with Crippen molar-refractivity contribution in [3.05, 3.63) is 46.8 Å². The Kier molecular flexibility index (Phi) is 4.44. The molecule has 0 saturated carbocycles. The Hall–Kier alpha value is -1.86. The standard InChI is InChI=1S/C14H13ClN4O2S/c1-8(13-16-9(2)18-20-13)22-7-12-17-14(21-19-12)10-4-3-5-11(15)6-10/h3-6,8H,7H2,1-2H3/t8-/m0/s1. The number of halogens is 1. The van der Waals surface area contributed by atoms with Crippen LogP contribution in [-0.4, -0.2) is 20.3 Å². The summed E-state index contributed by atoms with van der Waals surface area (Å²) < 4.78 is 10.4. The van der Waals surface area contributed by atoms with Gasteiger partial charge in [0.15, 0.2) is 11.6 Å². The molecular weight excluding hydrogens is 324 g/mol. The second-order valence-electron chi connectivity index (χ2n) is 4.66. The van der Waals surface area contributed by atoms with E-state index >= 15 is 0 Å². The van der Waals surface area contributed by atoms with Gasteiger partial charge in [0.2, 0.25) is 5.89 Å². The van der Waals surface area contributed by atoms with Crippen LogP contribution in [0.4, 0.5) is 0 Å². The first-order chi connectivity index (χ1) is 10.6. The molecule has 3 rings (SSSR count). The molecule has 114 valence electrons. The molecular formula is C14H13ClN4O2S. The molecule has 0 radical (unpaired) electrons. The minimum absolute atomic E-state index is 0.0642. The largest absolute Gasteiger partial charge is 0.338 e. The van der Waals surface area contributed by atoms with E-state index in [1.54, 1.807) is 30.8 Å². The Morgan fingerprint density at radius 1 is 1.23 bits per heavy atom. The van der Waals surface area contributed by atoms with Crippen molar-refractivity contribution in [3.63, 3.8) is 0 Å². The number of hydrogen-bond donors (Lipinski definition) is 0. The number of rotatable bonds is 5. The lowest BCUT2D eigenvalue weighted by Gasteiger charge is -2.02. The van der Waals surface area contributed by atoms with E-state index in [2.05, 4.69) is 20.3 Å². The third-order valence-corrected chi connectivity index (χ3v) is 4.25. The highest BCUT2D eigenvalue weighted by Crippen LogP contribution is 2.30. The first kappa shape index (κ1) is 15.1. The summed E-state index contributed by atoms with van der Waals surface area (Å²) in [6, 6.07) is 7.30. The van der Waals surface area contributed by atoms with Crippen LogP contribution in [0.2, 0.25) is 5.02 Å². The Bertz CT molecular complexity index is 774. The van der Waals surface area contributed by atoms with Crippen LogP contribution < -0.4 is 0 Å². The maximum atomic E-state index is 5.96. The summed E-state index contributed by atoms with van der Waals surface area (Å²) in [6.07, 6.45) is 0. The average Bonchev–Trinajstić information content (AvgIpc) is 3.14. The van der Waals surface area contributed by atoms with Crippen molar-refractivity contribution in [3.8, 4) is 11.5 Å². The molecule has 22 heavy (non-hydrogen) atoms. The first-order valence-electron chi connectivity index (χ1n) is 6.62. The van der Waals surface area contributed by atoms with Gasteiger partial charge >= 0.3 is 0 Å². The number of thioether (sulfide) groups is 1. The minimum atomic E-state index is 0.0642. The van der Waals surface area contributed by atoms with Gasteiger partial charge in [0.25, 0.3) is 5.89 Å². The van der Waals surface area contributed by atoms with Gasteiger partial charge in [0.1, 0.15) is 0 Å². The molecule has 2 aromatic heterocycles. The monoisotopic (exact) mass is 336 g/mol. The fraction of sp³-hybridized carbons (Fsp3) is 0.286. The number of benzene rings is 1. The number of nitrogens with zero attached hydrogens (tertiary/aromatic N) is 4. The molecule has 0 aliphatic heterocycles. The van der Waals surface area contributed by atoms with Crippen molar-refractivity contribution in [2.45, 2.75) is 24.9 Å². The third-order valence-electron chi connectivity index (χ3n) is 2.89. The molecule has 0 unspecified atom stereocenters. The normalized spacial score (nSPS) is 12.5. The van der Waals surface area contributed by atoms with Crippen LogP contribution in [0.5, 0.6) is 0 Å². The molecule has 0 fully saturated rings. The van der Waals surface area contributed by atoms with E-state index in [-0.39, 0.29) is 5.25 Å². The Balaban J connectivity index is 1.65. The molecule has 0 spiro atoms. The highest BCUT2D eigenvalue weighted by Gasteiger charge is 2.16. The zero-order chi connectivity index (χ0) is 15.5. The van der Waals surface area contributed by atoms with Crippen molar-refractivity contribution >= 4 is 23.4 Å². The maximum Gasteiger partial charge on any atom is 0.258 e. The molecule has 1 atom stereocenters. The molecule has 3 aromatic rings. The smallest absolute Gasteiger partial charge is 0.258 e. The molecule has 0 amide bonds. The molecule has 0 aliphatic carbocycles. The van der Waals surface area contributed by atoms with E-state index < -0.39 is 0 Å². The SMILES string of the molecule is Cc1noc([C@H](C)SCc2noc(-c3cccc(Cl)c3)n2)n1. The van der Waals surface area contributed by atoms with Crippen LogP contribution in [-0.2, 0) is 5.75 Å². The molecule has 0 saturated heterocycles. The van der Waals surface area contributed by atoms with Gasteiger partial charge in [0, 0.05) is 10.6 Å². The van der Waals surface area contributed by atoms with Crippen molar-refractivity contribution in [2.24, 2.45) is 0 Å². The second-order valence-corrected chi connectivity index (χ2v) is 6.42. The lowest BCUT2D eigenvalue weighted by molar-refractivity contribution is 0.376. The van der Waals surface area contributed by atoms with Crippen LogP contribution in [0.15, 0.2) is 33.3 Å². The zero-order valence-corrected chi connectivity index (χ0v) is 13.6. The highest BCUT2D eigenvalue weighted by atomic mass is 35.5. The fourth-order valence-electron chi connectivity index (χ4n) is 1.80. The van der Waals surface area contributed by atoms with E-state index in [0.717, 1.165) is 5.56 Å². The lowest BCUT2D eigenvalue weighted by Crippen LogP contribution is -1.92. The minimum Gasteiger partial charge on any atom is -0.338 e. The van der Waals surface area contributed by atoms with Crippen molar-refractivity contribution < 1.29 is 9.05 Å². The van der Waals surface area contributed by atoms with Gasteiger partial charge in [-0.1, -0.05) is 28.0 Å². The third kappa shape index (κ3) is 3.48. The van der Waals surface area contributed by atoms with Gasteiger partial charge in [-0.2, -0.15) is 9.97 Å². The topological polar surface area (TPSA) is 77.8 Å². The summed E-state index contributed by atoms with van der Waals surface area (Å²) in [5.41, 5.74) is 0.803. The molecule has 2 heterocycles. The lowest BCUT2D eigenvalue weighted by atomic mass is 10.2. The van der Waals surface area contributed by atoms with E-state index in [1.165, 1.54) is 0 Å². The number of hydrogen-bond acceptors (Lipinski definition) is 7. The summed E-state index contributed by atoms with van der Waals surface area (Å²) >= 11 is 7.56. The first-order valence-corrected chi connectivity index (χ1v) is 8.05. The summed E-state index contributed by atoms with van der Waals surface area (Å²) in [5, 5.41) is 8.46. The molecule has 6 nitrogen and oxygen atoms in total. The second kappa shape index (κ2) is 6.50. The highest BCUT2D eigenvalue weighted by molar-refractivity contribution is 7.98. The van der Waals surface area contributed by atoms with Crippen LogP contribution in [0, 0.1) is 6.92 Å². The Labute approximate surface area is 136 Å². The molecule has 0 N–H and O–H groups in total. The quantitative estimate of drug-likeness (QED) is 0.694. The Morgan fingerprint density at radius 3 is 2.82 bits per heavy atom. The van der Waals surface area contributed by atoms with Crippen molar-refractivity contribution in [2.75, 3.05) is 0 Å². The molecule has 0 bridgehead atoms. The molecule has 1 aromatic carbocycles. The van der Waals surface area contributed by atoms with Crippen LogP contribution >= 0.6 is 23.4 Å². The number of aryl methyl sites for hydroxylation is 1. The molecule has 0 aliphatic rings. The summed E-state index contributed by atoms with van der Waals surface area (Å²) in [4.78, 5) is 8.58. The van der Waals surface area contributed by atoms with E-state index in [0.29, 0.717) is 34.2 Å². The fourth-order valence-corrected chi connectivity index (χ4v) is 2.75. The van der Waals surface area contributed by atoms with Crippen LogP contribution in [0.1, 0.15) is 29.7 Å². The summed E-state index contributed by atoms with van der Waals surface area (Å²) in [5.74, 6) is 2.89. The maximum absolute atomic E-state index is 5.96. The summed E-state index contributed by atoms with van der Waals surface area (Å²) in [6.45, 7) is 3.79. The predicted octanol–water partition coefficient (Wildman–Crippen LogP) is 4.08.